The number of benzene rings is 2. The summed E-state index contributed by atoms with van der Waals surface area (Å²) in [7, 11) is 0. The van der Waals surface area contributed by atoms with Gasteiger partial charge in [-0.2, -0.15) is 13.2 Å². The van der Waals surface area contributed by atoms with Gasteiger partial charge in [0.2, 0.25) is 6.10 Å². The van der Waals surface area contributed by atoms with Crippen molar-refractivity contribution in [2.45, 2.75) is 64.7 Å². The summed E-state index contributed by atoms with van der Waals surface area (Å²) in [5.74, 6) is -0.246. The van der Waals surface area contributed by atoms with Crippen molar-refractivity contribution in [1.82, 2.24) is 0 Å². The maximum Gasteiger partial charge on any atom is 0.427 e. The standard InChI is InChI=1S/C26H33F3O4/c1-3-5-7-8-18-32-23-15-13-21(14-16-23)20-9-11-22(12-10-20)25(30)33-24(26(27,28)29)19-31-17-6-4-2/h9-16,24H,3-8,17-19H2,1-2H3. The maximum atomic E-state index is 13.2. The van der Waals surface area contributed by atoms with Gasteiger partial charge in [0.25, 0.3) is 0 Å². The van der Waals surface area contributed by atoms with Crippen molar-refractivity contribution in [2.75, 3.05) is 19.8 Å². The van der Waals surface area contributed by atoms with Crippen molar-refractivity contribution in [3.63, 3.8) is 0 Å². The highest BCUT2D eigenvalue weighted by Gasteiger charge is 2.43. The number of ether oxygens (including phenoxy) is 3. The quantitative estimate of drug-likeness (QED) is 0.218. The molecule has 0 saturated carbocycles. The minimum atomic E-state index is -4.69. The first kappa shape index (κ1) is 26.7. The molecule has 2 aromatic carbocycles. The number of alkyl halides is 3. The molecule has 33 heavy (non-hydrogen) atoms. The Morgan fingerprint density at radius 1 is 0.818 bits per heavy atom. The molecule has 0 bridgehead atoms. The van der Waals surface area contributed by atoms with E-state index in [0.29, 0.717) is 13.0 Å². The molecule has 1 unspecified atom stereocenters. The van der Waals surface area contributed by atoms with E-state index in [2.05, 4.69) is 6.92 Å². The SMILES string of the molecule is CCCCCCOc1ccc(-c2ccc(C(=O)OC(COCCCC)C(F)(F)F)cc2)cc1. The second-order valence-electron chi connectivity index (χ2n) is 7.87. The average Bonchev–Trinajstić information content (AvgIpc) is 2.80. The molecule has 0 fully saturated rings. The lowest BCUT2D eigenvalue weighted by Gasteiger charge is -2.20. The van der Waals surface area contributed by atoms with Crippen LogP contribution in [-0.2, 0) is 9.47 Å². The summed E-state index contributed by atoms with van der Waals surface area (Å²) in [6.45, 7) is 4.24. The van der Waals surface area contributed by atoms with E-state index in [1.165, 1.54) is 25.0 Å². The first-order valence-corrected chi connectivity index (χ1v) is 11.5. The Balaban J connectivity index is 1.93. The van der Waals surface area contributed by atoms with Gasteiger partial charge in [-0.3, -0.25) is 0 Å². The van der Waals surface area contributed by atoms with Crippen LogP contribution < -0.4 is 4.74 Å². The number of esters is 1. The summed E-state index contributed by atoms with van der Waals surface area (Å²) < 4.78 is 55.0. The average molecular weight is 467 g/mol. The Labute approximate surface area is 194 Å². The predicted octanol–water partition coefficient (Wildman–Crippen LogP) is 7.22. The highest BCUT2D eigenvalue weighted by atomic mass is 19.4. The van der Waals surface area contributed by atoms with Crippen LogP contribution in [0.2, 0.25) is 0 Å². The first-order chi connectivity index (χ1) is 15.8. The Bertz CT molecular complexity index is 817. The fourth-order valence-corrected chi connectivity index (χ4v) is 3.09. The first-order valence-electron chi connectivity index (χ1n) is 11.5. The number of unbranched alkanes of at least 4 members (excludes halogenated alkanes) is 4. The van der Waals surface area contributed by atoms with Gasteiger partial charge in [-0.25, -0.2) is 4.79 Å². The predicted molar refractivity (Wildman–Crippen MR) is 123 cm³/mol. The minimum Gasteiger partial charge on any atom is -0.494 e. The zero-order valence-corrected chi connectivity index (χ0v) is 19.3. The molecule has 0 heterocycles. The van der Waals surface area contributed by atoms with Crippen LogP contribution >= 0.6 is 0 Å². The van der Waals surface area contributed by atoms with E-state index in [-0.39, 0.29) is 12.2 Å². The molecule has 7 heteroatoms. The third-order valence-electron chi connectivity index (χ3n) is 5.10. The molecule has 2 rings (SSSR count). The molecule has 0 aromatic heterocycles. The van der Waals surface area contributed by atoms with Gasteiger partial charge >= 0.3 is 12.1 Å². The lowest BCUT2D eigenvalue weighted by atomic mass is 10.0. The van der Waals surface area contributed by atoms with E-state index in [1.54, 1.807) is 12.1 Å². The van der Waals surface area contributed by atoms with Crippen molar-refractivity contribution in [3.05, 3.63) is 54.1 Å². The van der Waals surface area contributed by atoms with Crippen LogP contribution in [0.15, 0.2) is 48.5 Å². The van der Waals surface area contributed by atoms with Crippen molar-refractivity contribution in [1.29, 1.82) is 0 Å². The molecule has 0 N–H and O–H groups in total. The lowest BCUT2D eigenvalue weighted by molar-refractivity contribution is -0.217. The van der Waals surface area contributed by atoms with E-state index in [1.807, 2.05) is 31.2 Å². The number of halogens is 3. The van der Waals surface area contributed by atoms with Crippen molar-refractivity contribution in [3.8, 4) is 16.9 Å². The van der Waals surface area contributed by atoms with Crippen LogP contribution in [0.3, 0.4) is 0 Å². The largest absolute Gasteiger partial charge is 0.494 e. The summed E-state index contributed by atoms with van der Waals surface area (Å²) in [6.07, 6.45) is -0.981. The molecular formula is C26H33F3O4. The smallest absolute Gasteiger partial charge is 0.427 e. The summed E-state index contributed by atoms with van der Waals surface area (Å²) >= 11 is 0. The van der Waals surface area contributed by atoms with Crippen LogP contribution in [0.25, 0.3) is 11.1 Å². The molecule has 2 aromatic rings. The highest BCUT2D eigenvalue weighted by Crippen LogP contribution is 2.26. The van der Waals surface area contributed by atoms with Gasteiger partial charge in [0.15, 0.2) is 0 Å². The molecule has 4 nitrogen and oxygen atoms in total. The van der Waals surface area contributed by atoms with Crippen molar-refractivity contribution < 1.29 is 32.2 Å². The summed E-state index contributed by atoms with van der Waals surface area (Å²) in [5.41, 5.74) is 1.79. The zero-order chi connectivity index (χ0) is 24.1. The number of rotatable bonds is 14. The van der Waals surface area contributed by atoms with E-state index in [4.69, 9.17) is 14.2 Å². The van der Waals surface area contributed by atoms with Gasteiger partial charge in [0.1, 0.15) is 5.75 Å². The summed E-state index contributed by atoms with van der Waals surface area (Å²) in [4.78, 5) is 12.3. The van der Waals surface area contributed by atoms with E-state index in [0.717, 1.165) is 36.1 Å². The monoisotopic (exact) mass is 466 g/mol. The third-order valence-corrected chi connectivity index (χ3v) is 5.10. The van der Waals surface area contributed by atoms with Crippen molar-refractivity contribution in [2.24, 2.45) is 0 Å². The fourth-order valence-electron chi connectivity index (χ4n) is 3.09. The van der Waals surface area contributed by atoms with E-state index < -0.39 is 24.9 Å². The van der Waals surface area contributed by atoms with Crippen molar-refractivity contribution >= 4 is 5.97 Å². The van der Waals surface area contributed by atoms with Crippen LogP contribution in [0.5, 0.6) is 5.75 Å². The Hall–Kier alpha value is -2.54. The molecule has 0 amide bonds. The number of carbonyl (C=O) groups excluding carboxylic acids is 1. The highest BCUT2D eigenvalue weighted by molar-refractivity contribution is 5.90. The zero-order valence-electron chi connectivity index (χ0n) is 19.3. The Morgan fingerprint density at radius 2 is 1.42 bits per heavy atom. The van der Waals surface area contributed by atoms with Gasteiger partial charge in [0, 0.05) is 6.61 Å². The van der Waals surface area contributed by atoms with Crippen LogP contribution in [0, 0.1) is 0 Å². The van der Waals surface area contributed by atoms with E-state index in [9.17, 15) is 18.0 Å². The molecule has 182 valence electrons. The Morgan fingerprint density at radius 3 is 2.00 bits per heavy atom. The molecule has 0 aliphatic rings. The number of carbonyl (C=O) groups is 1. The molecular weight excluding hydrogens is 433 g/mol. The molecule has 0 aliphatic carbocycles. The Kier molecular flexibility index (Phi) is 11.2. The number of hydrogen-bond acceptors (Lipinski definition) is 4. The molecule has 1 atom stereocenters. The normalized spacial score (nSPS) is 12.4. The topological polar surface area (TPSA) is 44.8 Å². The van der Waals surface area contributed by atoms with Gasteiger partial charge in [-0.1, -0.05) is 63.8 Å². The van der Waals surface area contributed by atoms with Gasteiger partial charge in [-0.15, -0.1) is 0 Å². The summed E-state index contributed by atoms with van der Waals surface area (Å²) in [5, 5.41) is 0. The fraction of sp³-hybridized carbons (Fsp3) is 0.500. The second-order valence-corrected chi connectivity index (χ2v) is 7.87. The van der Waals surface area contributed by atoms with Gasteiger partial charge in [-0.05, 0) is 48.2 Å². The molecule has 0 radical (unpaired) electrons. The second kappa shape index (κ2) is 13.9. The minimum absolute atomic E-state index is 0.0496. The van der Waals surface area contributed by atoms with Crippen LogP contribution in [0.1, 0.15) is 62.7 Å². The summed E-state index contributed by atoms with van der Waals surface area (Å²) in [6, 6.07) is 13.8. The maximum absolute atomic E-state index is 13.2. The van der Waals surface area contributed by atoms with Gasteiger partial charge in [0.05, 0.1) is 18.8 Å². The third kappa shape index (κ3) is 9.46. The molecule has 0 aliphatic heterocycles. The van der Waals surface area contributed by atoms with Crippen LogP contribution in [0.4, 0.5) is 13.2 Å². The molecule has 0 saturated heterocycles. The lowest BCUT2D eigenvalue weighted by Crippen LogP contribution is -2.38. The number of hydrogen-bond donors (Lipinski definition) is 0. The van der Waals surface area contributed by atoms with E-state index >= 15 is 0 Å². The van der Waals surface area contributed by atoms with Crippen LogP contribution in [-0.4, -0.2) is 38.1 Å². The van der Waals surface area contributed by atoms with Gasteiger partial charge < -0.3 is 14.2 Å². The molecule has 0 spiro atoms.